The van der Waals surface area contributed by atoms with Crippen LogP contribution in [-0.2, 0) is 6.54 Å². The Bertz CT molecular complexity index is 447. The molecule has 1 heterocycles. The van der Waals surface area contributed by atoms with Gasteiger partial charge < -0.3 is 5.73 Å². The largest absolute Gasteiger partial charge is 0.326 e. The zero-order chi connectivity index (χ0) is 9.42. The fraction of sp³-hybridized carbons (Fsp3) is 0.222. The van der Waals surface area contributed by atoms with Crippen LogP contribution < -0.4 is 5.73 Å². The van der Waals surface area contributed by atoms with Gasteiger partial charge >= 0.3 is 0 Å². The van der Waals surface area contributed by atoms with E-state index >= 15 is 0 Å². The molecule has 0 unspecified atom stereocenters. The molecule has 3 nitrogen and oxygen atoms in total. The van der Waals surface area contributed by atoms with Gasteiger partial charge in [0.2, 0.25) is 0 Å². The van der Waals surface area contributed by atoms with Crippen LogP contribution in [0.25, 0.3) is 10.9 Å². The number of hydrogen-bond donors (Lipinski definition) is 2. The summed E-state index contributed by atoms with van der Waals surface area (Å²) in [6, 6.07) is 3.43. The Balaban J connectivity index is 2.83. The number of fused-ring (bicyclic) bond motifs is 1. The number of nitrogens with zero attached hydrogens (tertiary/aromatic N) is 1. The van der Waals surface area contributed by atoms with E-state index in [2.05, 4.69) is 10.2 Å². The molecule has 2 aromatic rings. The minimum atomic E-state index is -0.258. The SMILES string of the molecule is Cc1[nH]nc2ccc(CN)c(F)c12. The van der Waals surface area contributed by atoms with Gasteiger partial charge in [0, 0.05) is 17.8 Å². The number of H-pyrrole nitrogens is 1. The fourth-order valence-corrected chi connectivity index (χ4v) is 1.42. The maximum atomic E-state index is 13.6. The molecule has 1 aromatic heterocycles. The standard InChI is InChI=1S/C9H10FN3/c1-5-8-7(13-12-5)3-2-6(4-11)9(8)10/h2-3H,4,11H2,1H3,(H,12,13). The number of aryl methyl sites for hydroxylation is 1. The Morgan fingerprint density at radius 3 is 3.00 bits per heavy atom. The van der Waals surface area contributed by atoms with E-state index in [1.807, 2.05) is 0 Å². The average molecular weight is 179 g/mol. The summed E-state index contributed by atoms with van der Waals surface area (Å²) in [5.41, 5.74) is 7.30. The zero-order valence-corrected chi connectivity index (χ0v) is 7.26. The second-order valence-electron chi connectivity index (χ2n) is 2.99. The number of rotatable bonds is 1. The Hall–Kier alpha value is -1.42. The average Bonchev–Trinajstić information content (AvgIpc) is 2.49. The molecular formula is C9H10FN3. The van der Waals surface area contributed by atoms with Crippen LogP contribution in [-0.4, -0.2) is 10.2 Å². The molecule has 0 bridgehead atoms. The highest BCUT2D eigenvalue weighted by Gasteiger charge is 2.10. The van der Waals surface area contributed by atoms with E-state index in [9.17, 15) is 4.39 Å². The predicted octanol–water partition coefficient (Wildman–Crippen LogP) is 1.47. The highest BCUT2D eigenvalue weighted by molar-refractivity contribution is 5.82. The minimum Gasteiger partial charge on any atom is -0.326 e. The summed E-state index contributed by atoms with van der Waals surface area (Å²) < 4.78 is 13.6. The molecule has 0 aliphatic rings. The smallest absolute Gasteiger partial charge is 0.138 e. The van der Waals surface area contributed by atoms with Crippen LogP contribution in [0.3, 0.4) is 0 Å². The highest BCUT2D eigenvalue weighted by atomic mass is 19.1. The summed E-state index contributed by atoms with van der Waals surface area (Å²) in [6.07, 6.45) is 0. The van der Waals surface area contributed by atoms with Crippen LogP contribution >= 0.6 is 0 Å². The van der Waals surface area contributed by atoms with Crippen molar-refractivity contribution < 1.29 is 4.39 Å². The normalized spacial score (nSPS) is 11.0. The van der Waals surface area contributed by atoms with Gasteiger partial charge in [-0.15, -0.1) is 0 Å². The molecule has 0 saturated carbocycles. The minimum absolute atomic E-state index is 0.215. The van der Waals surface area contributed by atoms with Crippen molar-refractivity contribution in [3.05, 3.63) is 29.2 Å². The van der Waals surface area contributed by atoms with Gasteiger partial charge in [-0.2, -0.15) is 5.10 Å². The fourth-order valence-electron chi connectivity index (χ4n) is 1.42. The second-order valence-corrected chi connectivity index (χ2v) is 2.99. The second kappa shape index (κ2) is 2.81. The summed E-state index contributed by atoms with van der Waals surface area (Å²) in [4.78, 5) is 0. The molecule has 0 aliphatic heterocycles. The van der Waals surface area contributed by atoms with Crippen molar-refractivity contribution in [2.75, 3.05) is 0 Å². The van der Waals surface area contributed by atoms with E-state index in [4.69, 9.17) is 5.73 Å². The number of aromatic amines is 1. The van der Waals surface area contributed by atoms with E-state index in [-0.39, 0.29) is 12.4 Å². The lowest BCUT2D eigenvalue weighted by molar-refractivity contribution is 0.622. The maximum Gasteiger partial charge on any atom is 0.138 e. The van der Waals surface area contributed by atoms with Crippen LogP contribution in [0.15, 0.2) is 12.1 Å². The zero-order valence-electron chi connectivity index (χ0n) is 7.26. The van der Waals surface area contributed by atoms with Crippen LogP contribution in [0, 0.1) is 12.7 Å². The summed E-state index contributed by atoms with van der Waals surface area (Å²) in [5.74, 6) is -0.258. The van der Waals surface area contributed by atoms with Crippen LogP contribution in [0.1, 0.15) is 11.3 Å². The molecule has 0 saturated heterocycles. The van der Waals surface area contributed by atoms with E-state index in [0.717, 1.165) is 5.69 Å². The number of nitrogens with one attached hydrogen (secondary N) is 1. The van der Waals surface area contributed by atoms with Gasteiger partial charge in [0.1, 0.15) is 5.82 Å². The first kappa shape index (κ1) is 8.19. The molecular weight excluding hydrogens is 169 g/mol. The summed E-state index contributed by atoms with van der Waals surface area (Å²) in [7, 11) is 0. The number of nitrogens with two attached hydrogens (primary N) is 1. The maximum absolute atomic E-state index is 13.6. The molecule has 0 amide bonds. The van der Waals surface area contributed by atoms with Crippen LogP contribution in [0.5, 0.6) is 0 Å². The predicted molar refractivity (Wildman–Crippen MR) is 48.7 cm³/mol. The van der Waals surface area contributed by atoms with Gasteiger partial charge in [-0.25, -0.2) is 4.39 Å². The number of aromatic nitrogens is 2. The number of benzene rings is 1. The van der Waals surface area contributed by atoms with Gasteiger partial charge in [-0.05, 0) is 13.0 Å². The first-order valence-corrected chi connectivity index (χ1v) is 4.06. The topological polar surface area (TPSA) is 54.7 Å². The lowest BCUT2D eigenvalue weighted by Gasteiger charge is -1.99. The molecule has 0 radical (unpaired) electrons. The quantitative estimate of drug-likeness (QED) is 0.696. The summed E-state index contributed by atoms with van der Waals surface area (Å²) in [5, 5.41) is 7.23. The number of hydrogen-bond acceptors (Lipinski definition) is 2. The molecule has 0 atom stereocenters. The highest BCUT2D eigenvalue weighted by Crippen LogP contribution is 2.21. The molecule has 13 heavy (non-hydrogen) atoms. The van der Waals surface area contributed by atoms with Crippen LogP contribution in [0.2, 0.25) is 0 Å². The molecule has 0 spiro atoms. The molecule has 68 valence electrons. The Kier molecular flexibility index (Phi) is 1.77. The van der Waals surface area contributed by atoms with Crippen molar-refractivity contribution in [2.24, 2.45) is 5.73 Å². The third-order valence-electron chi connectivity index (χ3n) is 2.14. The van der Waals surface area contributed by atoms with Crippen molar-refractivity contribution in [3.8, 4) is 0 Å². The van der Waals surface area contributed by atoms with Crippen LogP contribution in [0.4, 0.5) is 4.39 Å². The van der Waals surface area contributed by atoms with Gasteiger partial charge in [-0.1, -0.05) is 6.07 Å². The Morgan fingerprint density at radius 2 is 2.31 bits per heavy atom. The third kappa shape index (κ3) is 1.10. The van der Waals surface area contributed by atoms with E-state index in [0.29, 0.717) is 16.5 Å². The van der Waals surface area contributed by atoms with Gasteiger partial charge in [-0.3, -0.25) is 5.10 Å². The third-order valence-corrected chi connectivity index (χ3v) is 2.14. The first-order chi connectivity index (χ1) is 6.24. The molecule has 0 fully saturated rings. The molecule has 1 aromatic carbocycles. The first-order valence-electron chi connectivity index (χ1n) is 4.06. The van der Waals surface area contributed by atoms with Crippen molar-refractivity contribution in [3.63, 3.8) is 0 Å². The van der Waals surface area contributed by atoms with Crippen molar-refractivity contribution in [1.82, 2.24) is 10.2 Å². The molecule has 2 rings (SSSR count). The van der Waals surface area contributed by atoms with Crippen molar-refractivity contribution in [1.29, 1.82) is 0 Å². The monoisotopic (exact) mass is 179 g/mol. The van der Waals surface area contributed by atoms with E-state index in [1.54, 1.807) is 19.1 Å². The van der Waals surface area contributed by atoms with Gasteiger partial charge in [0.15, 0.2) is 0 Å². The Labute approximate surface area is 74.7 Å². The van der Waals surface area contributed by atoms with Crippen molar-refractivity contribution >= 4 is 10.9 Å². The van der Waals surface area contributed by atoms with E-state index in [1.165, 1.54) is 0 Å². The summed E-state index contributed by atoms with van der Waals surface area (Å²) in [6.45, 7) is 2.01. The van der Waals surface area contributed by atoms with Gasteiger partial charge in [0.05, 0.1) is 10.9 Å². The molecule has 0 aliphatic carbocycles. The molecule has 3 N–H and O–H groups in total. The van der Waals surface area contributed by atoms with Gasteiger partial charge in [0.25, 0.3) is 0 Å². The van der Waals surface area contributed by atoms with E-state index < -0.39 is 0 Å². The Morgan fingerprint density at radius 1 is 1.54 bits per heavy atom. The lowest BCUT2D eigenvalue weighted by Crippen LogP contribution is -1.99. The van der Waals surface area contributed by atoms with Crippen molar-refractivity contribution in [2.45, 2.75) is 13.5 Å². The molecule has 4 heteroatoms. The number of halogens is 1. The summed E-state index contributed by atoms with van der Waals surface area (Å²) >= 11 is 0. The lowest BCUT2D eigenvalue weighted by atomic mass is 10.1.